The molecular formula is C13H14Cl2F3N. The Balaban J connectivity index is 3.23. The van der Waals surface area contributed by atoms with Gasteiger partial charge in [0.2, 0.25) is 0 Å². The quantitative estimate of drug-likeness (QED) is 0.833. The van der Waals surface area contributed by atoms with Gasteiger partial charge in [-0.1, -0.05) is 42.3 Å². The summed E-state index contributed by atoms with van der Waals surface area (Å²) in [5.41, 5.74) is 6.12. The van der Waals surface area contributed by atoms with Crippen molar-refractivity contribution >= 4 is 28.8 Å². The van der Waals surface area contributed by atoms with Crippen LogP contribution >= 0.6 is 23.2 Å². The lowest BCUT2D eigenvalue weighted by Crippen LogP contribution is -2.20. The first-order valence-electron chi connectivity index (χ1n) is 5.73. The van der Waals surface area contributed by atoms with E-state index >= 15 is 0 Å². The van der Waals surface area contributed by atoms with Gasteiger partial charge < -0.3 is 5.73 Å². The van der Waals surface area contributed by atoms with Crippen LogP contribution in [0.1, 0.15) is 25.3 Å². The number of nitrogens with two attached hydrogens (primary N) is 1. The second-order valence-corrected chi connectivity index (χ2v) is 4.98. The van der Waals surface area contributed by atoms with Gasteiger partial charge in [0.1, 0.15) is 5.03 Å². The standard InChI is InChI=1S/C13H14Cl2F3N/c1-2-10(19)7-11(12(15)13(16,17)18)8-3-5-9(14)6-4-8/h3-6,10H,2,7,19H2,1H3/b12-11-. The third kappa shape index (κ3) is 4.71. The van der Waals surface area contributed by atoms with E-state index in [0.29, 0.717) is 17.0 Å². The van der Waals surface area contributed by atoms with Gasteiger partial charge in [-0.25, -0.2) is 0 Å². The molecule has 0 bridgehead atoms. The zero-order chi connectivity index (χ0) is 14.6. The molecule has 6 heteroatoms. The Morgan fingerprint density at radius 3 is 2.21 bits per heavy atom. The number of halogens is 5. The molecular weight excluding hydrogens is 298 g/mol. The number of benzene rings is 1. The topological polar surface area (TPSA) is 26.0 Å². The monoisotopic (exact) mass is 311 g/mol. The summed E-state index contributed by atoms with van der Waals surface area (Å²) in [4.78, 5) is 0. The Labute approximate surface area is 120 Å². The lowest BCUT2D eigenvalue weighted by atomic mass is 9.97. The summed E-state index contributed by atoms with van der Waals surface area (Å²) in [5, 5.41) is -0.676. The Morgan fingerprint density at radius 2 is 1.79 bits per heavy atom. The maximum Gasteiger partial charge on any atom is 0.427 e. The van der Waals surface area contributed by atoms with Gasteiger partial charge in [-0.05, 0) is 36.1 Å². The van der Waals surface area contributed by atoms with Crippen LogP contribution in [0.3, 0.4) is 0 Å². The molecule has 1 aromatic carbocycles. The summed E-state index contributed by atoms with van der Waals surface area (Å²) in [6.45, 7) is 1.81. The number of allylic oxidation sites excluding steroid dienone is 1. The summed E-state index contributed by atoms with van der Waals surface area (Å²) >= 11 is 11.2. The summed E-state index contributed by atoms with van der Waals surface area (Å²) in [5.74, 6) is 0. The first kappa shape index (κ1) is 16.3. The zero-order valence-electron chi connectivity index (χ0n) is 10.3. The molecule has 1 aromatic rings. The van der Waals surface area contributed by atoms with Gasteiger partial charge in [0, 0.05) is 11.1 Å². The van der Waals surface area contributed by atoms with Gasteiger partial charge in [0.15, 0.2) is 0 Å². The predicted octanol–water partition coefficient (Wildman–Crippen LogP) is 4.98. The number of alkyl halides is 3. The molecule has 1 unspecified atom stereocenters. The Hall–Kier alpha value is -0.710. The SMILES string of the molecule is CCC(N)C/C(=C(/Cl)C(F)(F)F)c1ccc(Cl)cc1. The first-order valence-corrected chi connectivity index (χ1v) is 6.48. The molecule has 0 aromatic heterocycles. The summed E-state index contributed by atoms with van der Waals surface area (Å²) in [6.07, 6.45) is -3.94. The molecule has 0 heterocycles. The van der Waals surface area contributed by atoms with E-state index in [4.69, 9.17) is 28.9 Å². The Bertz CT molecular complexity index is 452. The molecule has 1 nitrogen and oxygen atoms in total. The minimum absolute atomic E-state index is 0.000170. The molecule has 0 fully saturated rings. The highest BCUT2D eigenvalue weighted by Crippen LogP contribution is 2.37. The Morgan fingerprint density at radius 1 is 1.26 bits per heavy atom. The van der Waals surface area contributed by atoms with Crippen molar-refractivity contribution in [3.63, 3.8) is 0 Å². The first-order chi connectivity index (χ1) is 8.75. The second kappa shape index (κ2) is 6.64. The Kier molecular flexibility index (Phi) is 5.71. The van der Waals surface area contributed by atoms with Crippen molar-refractivity contribution in [2.24, 2.45) is 5.73 Å². The fourth-order valence-electron chi connectivity index (χ4n) is 1.56. The number of rotatable bonds is 4. The van der Waals surface area contributed by atoms with Crippen molar-refractivity contribution in [3.8, 4) is 0 Å². The maximum atomic E-state index is 12.8. The molecule has 106 valence electrons. The highest BCUT2D eigenvalue weighted by Gasteiger charge is 2.35. The number of hydrogen-bond donors (Lipinski definition) is 1. The minimum atomic E-state index is -4.58. The second-order valence-electron chi connectivity index (χ2n) is 4.17. The van der Waals surface area contributed by atoms with Crippen LogP contribution in [0.2, 0.25) is 5.02 Å². The summed E-state index contributed by atoms with van der Waals surface area (Å²) in [6, 6.07) is 5.69. The van der Waals surface area contributed by atoms with Crippen molar-refractivity contribution < 1.29 is 13.2 Å². The lowest BCUT2D eigenvalue weighted by Gasteiger charge is -2.17. The molecule has 0 saturated heterocycles. The van der Waals surface area contributed by atoms with Gasteiger partial charge in [0.25, 0.3) is 0 Å². The average molecular weight is 312 g/mol. The normalized spacial score (nSPS) is 15.1. The van der Waals surface area contributed by atoms with Crippen molar-refractivity contribution in [2.45, 2.75) is 32.0 Å². The molecule has 1 rings (SSSR count). The third-order valence-electron chi connectivity index (χ3n) is 2.70. The van der Waals surface area contributed by atoms with Crippen LogP contribution in [0.4, 0.5) is 13.2 Å². The van der Waals surface area contributed by atoms with Crippen molar-refractivity contribution in [3.05, 3.63) is 39.9 Å². The van der Waals surface area contributed by atoms with E-state index in [2.05, 4.69) is 0 Å². The van der Waals surface area contributed by atoms with E-state index in [0.717, 1.165) is 0 Å². The van der Waals surface area contributed by atoms with E-state index < -0.39 is 11.2 Å². The summed E-state index contributed by atoms with van der Waals surface area (Å²) in [7, 11) is 0. The zero-order valence-corrected chi connectivity index (χ0v) is 11.8. The molecule has 0 saturated carbocycles. The molecule has 0 aliphatic rings. The van der Waals surface area contributed by atoms with E-state index in [-0.39, 0.29) is 18.0 Å². The average Bonchev–Trinajstić information content (AvgIpc) is 2.35. The highest BCUT2D eigenvalue weighted by atomic mass is 35.5. The van der Waals surface area contributed by atoms with Crippen LogP contribution in [-0.2, 0) is 0 Å². The molecule has 19 heavy (non-hydrogen) atoms. The lowest BCUT2D eigenvalue weighted by molar-refractivity contribution is -0.0841. The van der Waals surface area contributed by atoms with E-state index in [1.807, 2.05) is 6.92 Å². The summed E-state index contributed by atoms with van der Waals surface area (Å²) < 4.78 is 38.3. The molecule has 1 atom stereocenters. The van der Waals surface area contributed by atoms with Gasteiger partial charge >= 0.3 is 6.18 Å². The fraction of sp³-hybridized carbons (Fsp3) is 0.385. The molecule has 0 radical (unpaired) electrons. The number of hydrogen-bond acceptors (Lipinski definition) is 1. The molecule has 0 aliphatic carbocycles. The van der Waals surface area contributed by atoms with E-state index in [9.17, 15) is 13.2 Å². The van der Waals surface area contributed by atoms with Crippen LogP contribution < -0.4 is 5.73 Å². The van der Waals surface area contributed by atoms with Gasteiger partial charge in [0.05, 0.1) is 0 Å². The van der Waals surface area contributed by atoms with Crippen molar-refractivity contribution in [1.82, 2.24) is 0 Å². The van der Waals surface area contributed by atoms with E-state index in [1.165, 1.54) is 24.3 Å². The molecule has 0 spiro atoms. The van der Waals surface area contributed by atoms with Gasteiger partial charge in [-0.15, -0.1) is 0 Å². The van der Waals surface area contributed by atoms with E-state index in [1.54, 1.807) is 0 Å². The molecule has 0 amide bonds. The van der Waals surface area contributed by atoms with Crippen LogP contribution in [0.15, 0.2) is 29.3 Å². The molecule has 0 aliphatic heterocycles. The van der Waals surface area contributed by atoms with Crippen LogP contribution in [0.5, 0.6) is 0 Å². The molecule has 2 N–H and O–H groups in total. The van der Waals surface area contributed by atoms with Gasteiger partial charge in [-0.3, -0.25) is 0 Å². The maximum absolute atomic E-state index is 12.8. The van der Waals surface area contributed by atoms with Crippen LogP contribution in [-0.4, -0.2) is 12.2 Å². The fourth-order valence-corrected chi connectivity index (χ4v) is 1.88. The highest BCUT2D eigenvalue weighted by molar-refractivity contribution is 6.33. The van der Waals surface area contributed by atoms with Gasteiger partial charge in [-0.2, -0.15) is 13.2 Å². The van der Waals surface area contributed by atoms with Crippen molar-refractivity contribution in [1.29, 1.82) is 0 Å². The minimum Gasteiger partial charge on any atom is -0.327 e. The largest absolute Gasteiger partial charge is 0.427 e. The third-order valence-corrected chi connectivity index (χ3v) is 3.39. The van der Waals surface area contributed by atoms with Crippen molar-refractivity contribution in [2.75, 3.05) is 0 Å². The smallest absolute Gasteiger partial charge is 0.327 e. The van der Waals surface area contributed by atoms with Crippen LogP contribution in [0.25, 0.3) is 5.57 Å². The predicted molar refractivity (Wildman–Crippen MR) is 73.2 cm³/mol. The van der Waals surface area contributed by atoms with Crippen LogP contribution in [0, 0.1) is 0 Å².